The minimum atomic E-state index is -3.08. The molecule has 0 saturated heterocycles. The number of carbonyl (C=O) groups excluding carboxylic acids is 2. The molecule has 0 radical (unpaired) electrons. The highest BCUT2D eigenvalue weighted by atomic mass is 19.3. The van der Waals surface area contributed by atoms with Gasteiger partial charge < -0.3 is 15.2 Å². The summed E-state index contributed by atoms with van der Waals surface area (Å²) in [5, 5.41) is 2.13. The van der Waals surface area contributed by atoms with Crippen molar-refractivity contribution in [1.82, 2.24) is 19.9 Å². The molecule has 0 aliphatic rings. The normalized spacial score (nSPS) is 11.6. The van der Waals surface area contributed by atoms with Crippen LogP contribution in [0.15, 0.2) is 39.2 Å². The number of amidine groups is 1. The van der Waals surface area contributed by atoms with Crippen LogP contribution in [-0.4, -0.2) is 63.9 Å². The maximum atomic E-state index is 13.4. The van der Waals surface area contributed by atoms with Gasteiger partial charge in [0.2, 0.25) is 6.41 Å². The summed E-state index contributed by atoms with van der Waals surface area (Å²) in [6.45, 7) is 8.60. The number of anilines is 1. The first-order chi connectivity index (χ1) is 19.3. The van der Waals surface area contributed by atoms with Gasteiger partial charge in [-0.2, -0.15) is 0 Å². The molecule has 2 N–H and O–H groups in total. The monoisotopic (exact) mass is 561 g/mol. The van der Waals surface area contributed by atoms with Crippen molar-refractivity contribution in [2.24, 2.45) is 9.98 Å². The molecule has 2 aromatic heterocycles. The van der Waals surface area contributed by atoms with Gasteiger partial charge in [0.25, 0.3) is 17.9 Å². The zero-order chi connectivity index (χ0) is 29.9. The van der Waals surface area contributed by atoms with Crippen LogP contribution in [0.1, 0.15) is 101 Å². The van der Waals surface area contributed by atoms with Crippen molar-refractivity contribution < 1.29 is 18.4 Å². The van der Waals surface area contributed by atoms with Gasteiger partial charge in [0.05, 0.1) is 11.4 Å². The quantitative estimate of drug-likeness (QED) is 0.130. The Bertz CT molecular complexity index is 1170. The van der Waals surface area contributed by atoms with Gasteiger partial charge in [-0.1, -0.05) is 46.1 Å². The zero-order valence-corrected chi connectivity index (χ0v) is 24.0. The van der Waals surface area contributed by atoms with Gasteiger partial charge in [-0.05, 0) is 38.3 Å². The summed E-state index contributed by atoms with van der Waals surface area (Å²) in [6, 6.07) is 5.57. The Morgan fingerprint density at radius 3 is 2.42 bits per heavy atom. The van der Waals surface area contributed by atoms with E-state index in [1.54, 1.807) is 13.2 Å². The van der Waals surface area contributed by atoms with Gasteiger partial charge in [-0.3, -0.25) is 24.4 Å². The molecule has 2 amide bonds. The van der Waals surface area contributed by atoms with Crippen molar-refractivity contribution >= 4 is 29.6 Å². The summed E-state index contributed by atoms with van der Waals surface area (Å²) in [7, 11) is 1.66. The van der Waals surface area contributed by atoms with E-state index in [-0.39, 0.29) is 6.41 Å². The molecule has 12 heteroatoms. The third-order valence-electron chi connectivity index (χ3n) is 5.79. The maximum Gasteiger partial charge on any atom is 0.295 e. The van der Waals surface area contributed by atoms with E-state index in [0.29, 0.717) is 44.6 Å². The molecule has 0 spiro atoms. The number of amides is 2. The van der Waals surface area contributed by atoms with Gasteiger partial charge in [0.15, 0.2) is 11.5 Å². The van der Waals surface area contributed by atoms with E-state index in [0.717, 1.165) is 30.7 Å². The van der Waals surface area contributed by atoms with Crippen molar-refractivity contribution in [3.8, 4) is 0 Å². The molecule has 2 aromatic rings. The number of nitrogens with zero attached hydrogens (tertiary/aromatic N) is 5. The van der Waals surface area contributed by atoms with Crippen LogP contribution in [0, 0.1) is 0 Å². The SMILES string of the molecule is CC.CCCCCCN(CCCCC(=NC)N=C(C)c1ccccn1)C(=O)c1nc(C(F)F)[nH]c(=O)c1NC=O. The van der Waals surface area contributed by atoms with Crippen LogP contribution in [0.4, 0.5) is 14.5 Å². The molecule has 0 aromatic carbocycles. The largest absolute Gasteiger partial charge is 0.337 e. The van der Waals surface area contributed by atoms with E-state index in [1.165, 1.54) is 4.90 Å². The molecular formula is C28H41F2N7O3. The zero-order valence-electron chi connectivity index (χ0n) is 24.0. The van der Waals surface area contributed by atoms with Gasteiger partial charge in [0, 0.05) is 32.8 Å². The lowest BCUT2D eigenvalue weighted by atomic mass is 10.1. The molecule has 40 heavy (non-hydrogen) atoms. The molecule has 10 nitrogen and oxygen atoms in total. The molecule has 0 aliphatic heterocycles. The number of pyridine rings is 1. The minimum Gasteiger partial charge on any atom is -0.337 e. The number of rotatable bonds is 15. The van der Waals surface area contributed by atoms with Crippen LogP contribution in [0.2, 0.25) is 0 Å². The van der Waals surface area contributed by atoms with Crippen molar-refractivity contribution in [1.29, 1.82) is 0 Å². The first kappa shape index (κ1) is 34.2. The summed E-state index contributed by atoms with van der Waals surface area (Å²) in [5.41, 5.74) is -0.470. The van der Waals surface area contributed by atoms with Crippen LogP contribution in [0.3, 0.4) is 0 Å². The topological polar surface area (TPSA) is 133 Å². The number of alkyl halides is 2. The third kappa shape index (κ3) is 11.1. The molecule has 0 bridgehead atoms. The van der Waals surface area contributed by atoms with Gasteiger partial charge in [0.1, 0.15) is 11.5 Å². The molecule has 0 fully saturated rings. The molecule has 0 atom stereocenters. The van der Waals surface area contributed by atoms with Crippen molar-refractivity contribution in [2.45, 2.75) is 79.1 Å². The predicted molar refractivity (Wildman–Crippen MR) is 155 cm³/mol. The Hall–Kier alpha value is -3.83. The van der Waals surface area contributed by atoms with E-state index in [4.69, 9.17) is 0 Å². The lowest BCUT2D eigenvalue weighted by Gasteiger charge is -2.23. The molecule has 2 rings (SSSR count). The van der Waals surface area contributed by atoms with Crippen LogP contribution < -0.4 is 10.9 Å². The summed E-state index contributed by atoms with van der Waals surface area (Å²) in [6.07, 6.45) is 4.21. The van der Waals surface area contributed by atoms with E-state index >= 15 is 0 Å². The van der Waals surface area contributed by atoms with E-state index in [2.05, 4.69) is 32.2 Å². The predicted octanol–water partition coefficient (Wildman–Crippen LogP) is 5.43. The number of aromatic amines is 1. The lowest BCUT2D eigenvalue weighted by molar-refractivity contribution is -0.105. The first-order valence-corrected chi connectivity index (χ1v) is 13.7. The number of carbonyl (C=O) groups is 2. The van der Waals surface area contributed by atoms with Crippen LogP contribution >= 0.6 is 0 Å². The standard InChI is InChI=1S/C26H35F2N7O3.C2H6/c1-4-5-6-10-15-35(26(38)22-21(31-17-36)25(37)34-24(33-22)23(27)28)16-11-8-13-20(29-3)32-18(2)19-12-7-9-14-30-19;1-2/h7,9,12,14,17,23H,4-6,8,10-11,13,15-16H2,1-3H3,(H,31,36)(H,33,34,37);1-2H3. The number of unbranched alkanes of at least 4 members (excludes halogenated alkanes) is 4. The fraction of sp³-hybridized carbons (Fsp3) is 0.536. The Morgan fingerprint density at radius 1 is 1.15 bits per heavy atom. The fourth-order valence-electron chi connectivity index (χ4n) is 3.77. The highest BCUT2D eigenvalue weighted by Crippen LogP contribution is 2.18. The summed E-state index contributed by atoms with van der Waals surface area (Å²) in [4.78, 5) is 56.9. The van der Waals surface area contributed by atoms with Gasteiger partial charge in [-0.25, -0.2) is 18.8 Å². The maximum absolute atomic E-state index is 13.4. The smallest absolute Gasteiger partial charge is 0.295 e. The second-order valence-electron chi connectivity index (χ2n) is 8.60. The molecule has 2 heterocycles. The molecule has 220 valence electrons. The van der Waals surface area contributed by atoms with Crippen LogP contribution in [0.25, 0.3) is 0 Å². The Labute approximate surface area is 234 Å². The second kappa shape index (κ2) is 19.3. The molecule has 0 aliphatic carbocycles. The number of halogens is 2. The average molecular weight is 562 g/mol. The number of nitrogens with one attached hydrogen (secondary N) is 2. The number of hydrogen-bond donors (Lipinski definition) is 2. The van der Waals surface area contributed by atoms with Crippen molar-refractivity contribution in [3.63, 3.8) is 0 Å². The Morgan fingerprint density at radius 2 is 1.85 bits per heavy atom. The first-order valence-electron chi connectivity index (χ1n) is 13.7. The van der Waals surface area contributed by atoms with Crippen molar-refractivity contribution in [2.75, 3.05) is 25.5 Å². The summed E-state index contributed by atoms with van der Waals surface area (Å²) < 4.78 is 26.6. The summed E-state index contributed by atoms with van der Waals surface area (Å²) in [5.74, 6) is -0.970. The second-order valence-corrected chi connectivity index (χ2v) is 8.60. The van der Waals surface area contributed by atoms with Crippen LogP contribution in [-0.2, 0) is 4.79 Å². The number of hydrogen-bond acceptors (Lipinski definition) is 6. The average Bonchev–Trinajstić information content (AvgIpc) is 2.97. The fourth-order valence-corrected chi connectivity index (χ4v) is 3.77. The molecule has 0 saturated carbocycles. The lowest BCUT2D eigenvalue weighted by Crippen LogP contribution is -2.36. The van der Waals surface area contributed by atoms with Crippen molar-refractivity contribution in [3.05, 3.63) is 52.0 Å². The summed E-state index contributed by atoms with van der Waals surface area (Å²) >= 11 is 0. The van der Waals surface area contributed by atoms with Crippen LogP contribution in [0.5, 0.6) is 0 Å². The highest BCUT2D eigenvalue weighted by molar-refractivity contribution is 6.05. The Kier molecular flexibility index (Phi) is 16.5. The molecular weight excluding hydrogens is 520 g/mol. The van der Waals surface area contributed by atoms with E-state index in [1.807, 2.05) is 44.0 Å². The van der Waals surface area contributed by atoms with E-state index in [9.17, 15) is 23.2 Å². The number of H-pyrrole nitrogens is 1. The Balaban J connectivity index is 0.00000391. The van der Waals surface area contributed by atoms with Gasteiger partial charge in [-0.15, -0.1) is 0 Å². The van der Waals surface area contributed by atoms with Gasteiger partial charge >= 0.3 is 0 Å². The molecule has 0 unspecified atom stereocenters. The number of aromatic nitrogens is 3. The third-order valence-corrected chi connectivity index (χ3v) is 5.79. The van der Waals surface area contributed by atoms with E-state index < -0.39 is 35.1 Å². The minimum absolute atomic E-state index is 0.204. The highest BCUT2D eigenvalue weighted by Gasteiger charge is 2.25. The number of aliphatic imine (C=N–C) groups is 2.